The van der Waals surface area contributed by atoms with E-state index >= 15 is 0 Å². The molecular formula is C17H22O3. The zero-order valence-corrected chi connectivity index (χ0v) is 11.7. The zero-order chi connectivity index (χ0) is 13.7. The first kappa shape index (κ1) is 12.5. The summed E-state index contributed by atoms with van der Waals surface area (Å²) < 4.78 is 5.39. The van der Waals surface area contributed by atoms with Gasteiger partial charge in [0.2, 0.25) is 0 Å². The van der Waals surface area contributed by atoms with Crippen molar-refractivity contribution in [2.24, 2.45) is 35.5 Å². The summed E-state index contributed by atoms with van der Waals surface area (Å²) in [4.78, 5) is 11.8. The number of rotatable bonds is 4. The molecule has 0 saturated heterocycles. The molecule has 20 heavy (non-hydrogen) atoms. The van der Waals surface area contributed by atoms with Gasteiger partial charge < -0.3 is 9.52 Å². The number of hydrogen-bond donors (Lipinski definition) is 1. The highest BCUT2D eigenvalue weighted by atomic mass is 16.4. The second-order valence-corrected chi connectivity index (χ2v) is 7.24. The fraction of sp³-hybridized carbons (Fsp3) is 0.706. The lowest BCUT2D eigenvalue weighted by atomic mass is 9.49. The number of carboxylic acid groups (broad SMARTS) is 1. The van der Waals surface area contributed by atoms with Crippen molar-refractivity contribution in [2.45, 2.75) is 38.5 Å². The predicted molar refractivity (Wildman–Crippen MR) is 74.1 cm³/mol. The largest absolute Gasteiger partial charge is 0.481 e. The summed E-state index contributed by atoms with van der Waals surface area (Å²) >= 11 is 0. The Hall–Kier alpha value is -1.25. The minimum atomic E-state index is -0.626. The van der Waals surface area contributed by atoms with E-state index in [2.05, 4.69) is 0 Å². The van der Waals surface area contributed by atoms with E-state index in [9.17, 15) is 9.90 Å². The van der Waals surface area contributed by atoms with Crippen molar-refractivity contribution in [1.82, 2.24) is 0 Å². The molecule has 0 aliphatic heterocycles. The maximum atomic E-state index is 11.8. The molecule has 4 bridgehead atoms. The molecular weight excluding hydrogens is 252 g/mol. The number of carboxylic acids is 1. The molecule has 1 aromatic rings. The van der Waals surface area contributed by atoms with Crippen molar-refractivity contribution in [1.29, 1.82) is 0 Å². The van der Waals surface area contributed by atoms with Crippen molar-refractivity contribution in [3.8, 4) is 0 Å². The first-order valence-electron chi connectivity index (χ1n) is 7.96. The van der Waals surface area contributed by atoms with Crippen LogP contribution in [-0.2, 0) is 11.2 Å². The van der Waals surface area contributed by atoms with E-state index in [1.165, 1.54) is 32.1 Å². The Labute approximate surface area is 119 Å². The van der Waals surface area contributed by atoms with Crippen LogP contribution in [0.4, 0.5) is 0 Å². The van der Waals surface area contributed by atoms with E-state index in [0.29, 0.717) is 24.2 Å². The van der Waals surface area contributed by atoms with Crippen LogP contribution in [-0.4, -0.2) is 11.1 Å². The Balaban J connectivity index is 1.58. The zero-order valence-electron chi connectivity index (χ0n) is 11.7. The lowest BCUT2D eigenvalue weighted by Crippen LogP contribution is -2.49. The summed E-state index contributed by atoms with van der Waals surface area (Å²) in [6.07, 6.45) is 8.73. The van der Waals surface area contributed by atoms with Crippen molar-refractivity contribution in [3.63, 3.8) is 0 Å². The number of carbonyl (C=O) groups is 1. The van der Waals surface area contributed by atoms with Gasteiger partial charge in [0.15, 0.2) is 0 Å². The molecule has 1 N–H and O–H groups in total. The normalized spacial score (nSPS) is 39.9. The SMILES string of the molecule is O=C(O)C(Cc1ccco1)C1C2CC3CC(C2)CC1C3. The van der Waals surface area contributed by atoms with E-state index < -0.39 is 5.97 Å². The quantitative estimate of drug-likeness (QED) is 0.912. The summed E-state index contributed by atoms with van der Waals surface area (Å²) in [6.45, 7) is 0. The highest BCUT2D eigenvalue weighted by Crippen LogP contribution is 2.58. The predicted octanol–water partition coefficient (Wildman–Crippen LogP) is 3.60. The van der Waals surface area contributed by atoms with Crippen LogP contribution in [0.3, 0.4) is 0 Å². The molecule has 108 valence electrons. The van der Waals surface area contributed by atoms with Gasteiger partial charge in [0.1, 0.15) is 5.76 Å². The summed E-state index contributed by atoms with van der Waals surface area (Å²) in [5.41, 5.74) is 0. The monoisotopic (exact) mass is 274 g/mol. The molecule has 3 heteroatoms. The van der Waals surface area contributed by atoms with E-state index in [-0.39, 0.29) is 5.92 Å². The standard InChI is InChI=1S/C17H22O3/c18-17(19)15(9-14-2-1-3-20-14)16-12-5-10-4-11(7-12)8-13(16)6-10/h1-3,10-13,15-16H,4-9H2,(H,18,19). The summed E-state index contributed by atoms with van der Waals surface area (Å²) in [6, 6.07) is 3.76. The van der Waals surface area contributed by atoms with Crippen molar-refractivity contribution in [3.05, 3.63) is 24.2 Å². The van der Waals surface area contributed by atoms with Gasteiger partial charge in [0.25, 0.3) is 0 Å². The molecule has 5 rings (SSSR count). The van der Waals surface area contributed by atoms with Crippen LogP contribution in [0.15, 0.2) is 22.8 Å². The van der Waals surface area contributed by atoms with Gasteiger partial charge in [0, 0.05) is 6.42 Å². The fourth-order valence-corrected chi connectivity index (χ4v) is 5.66. The van der Waals surface area contributed by atoms with Crippen LogP contribution in [0.2, 0.25) is 0 Å². The van der Waals surface area contributed by atoms with Crippen molar-refractivity contribution < 1.29 is 14.3 Å². The van der Waals surface area contributed by atoms with Crippen LogP contribution in [0.1, 0.15) is 37.9 Å². The van der Waals surface area contributed by atoms with Gasteiger partial charge in [-0.05, 0) is 73.8 Å². The van der Waals surface area contributed by atoms with Crippen molar-refractivity contribution in [2.75, 3.05) is 0 Å². The topological polar surface area (TPSA) is 50.4 Å². The summed E-state index contributed by atoms with van der Waals surface area (Å²) in [5, 5.41) is 9.71. The lowest BCUT2D eigenvalue weighted by molar-refractivity contribution is -0.151. The average molecular weight is 274 g/mol. The van der Waals surface area contributed by atoms with E-state index in [1.54, 1.807) is 6.26 Å². The van der Waals surface area contributed by atoms with Crippen LogP contribution >= 0.6 is 0 Å². The summed E-state index contributed by atoms with van der Waals surface area (Å²) in [5.74, 6) is 3.43. The summed E-state index contributed by atoms with van der Waals surface area (Å²) in [7, 11) is 0. The van der Waals surface area contributed by atoms with Gasteiger partial charge in [-0.1, -0.05) is 0 Å². The van der Waals surface area contributed by atoms with Gasteiger partial charge in [-0.3, -0.25) is 4.79 Å². The molecule has 0 spiro atoms. The maximum absolute atomic E-state index is 11.8. The highest BCUT2D eigenvalue weighted by molar-refractivity contribution is 5.71. The molecule has 4 aliphatic rings. The third-order valence-electron chi connectivity index (χ3n) is 6.08. The Morgan fingerprint density at radius 2 is 1.85 bits per heavy atom. The average Bonchev–Trinajstić information content (AvgIpc) is 2.88. The van der Waals surface area contributed by atoms with Gasteiger partial charge >= 0.3 is 5.97 Å². The van der Waals surface area contributed by atoms with Crippen LogP contribution in [0.5, 0.6) is 0 Å². The molecule has 1 atom stereocenters. The molecule has 0 amide bonds. The molecule has 4 aliphatic carbocycles. The Kier molecular flexibility index (Phi) is 2.90. The van der Waals surface area contributed by atoms with Crippen LogP contribution < -0.4 is 0 Å². The maximum Gasteiger partial charge on any atom is 0.307 e. The number of hydrogen-bond acceptors (Lipinski definition) is 2. The Morgan fingerprint density at radius 3 is 2.35 bits per heavy atom. The van der Waals surface area contributed by atoms with Crippen LogP contribution in [0.25, 0.3) is 0 Å². The van der Waals surface area contributed by atoms with E-state index in [4.69, 9.17) is 4.42 Å². The molecule has 4 fully saturated rings. The first-order chi connectivity index (χ1) is 9.70. The fourth-order valence-electron chi connectivity index (χ4n) is 5.66. The Bertz CT molecular complexity index is 462. The smallest absolute Gasteiger partial charge is 0.307 e. The molecule has 1 aromatic heterocycles. The Morgan fingerprint density at radius 1 is 1.20 bits per heavy atom. The second-order valence-electron chi connectivity index (χ2n) is 7.24. The van der Waals surface area contributed by atoms with Crippen molar-refractivity contribution >= 4 is 5.97 Å². The molecule has 1 unspecified atom stereocenters. The lowest BCUT2D eigenvalue weighted by Gasteiger charge is -2.55. The van der Waals surface area contributed by atoms with Crippen LogP contribution in [0, 0.1) is 35.5 Å². The highest BCUT2D eigenvalue weighted by Gasteiger charge is 2.51. The second kappa shape index (κ2) is 4.64. The third-order valence-corrected chi connectivity index (χ3v) is 6.08. The van der Waals surface area contributed by atoms with Gasteiger partial charge in [0.05, 0.1) is 12.2 Å². The van der Waals surface area contributed by atoms with Gasteiger partial charge in [-0.25, -0.2) is 0 Å². The molecule has 0 aromatic carbocycles. The molecule has 0 radical (unpaired) electrons. The molecule has 1 heterocycles. The minimum absolute atomic E-state index is 0.254. The first-order valence-corrected chi connectivity index (χ1v) is 7.96. The van der Waals surface area contributed by atoms with Gasteiger partial charge in [-0.15, -0.1) is 0 Å². The number of furan rings is 1. The van der Waals surface area contributed by atoms with Gasteiger partial charge in [-0.2, -0.15) is 0 Å². The van der Waals surface area contributed by atoms with E-state index in [1.807, 2.05) is 12.1 Å². The minimum Gasteiger partial charge on any atom is -0.481 e. The number of aliphatic carboxylic acids is 1. The molecule has 4 saturated carbocycles. The molecule has 3 nitrogen and oxygen atoms in total. The third kappa shape index (κ3) is 1.99. The van der Waals surface area contributed by atoms with E-state index in [0.717, 1.165) is 17.6 Å².